The number of aldehydes is 1. The second-order valence-electron chi connectivity index (χ2n) is 8.91. The van der Waals surface area contributed by atoms with Gasteiger partial charge in [0.25, 0.3) is 0 Å². The van der Waals surface area contributed by atoms with Crippen molar-refractivity contribution in [2.45, 2.75) is 65.9 Å². The lowest BCUT2D eigenvalue weighted by Crippen LogP contribution is -2.09. The predicted molar refractivity (Wildman–Crippen MR) is 130 cm³/mol. The van der Waals surface area contributed by atoms with Gasteiger partial charge in [-0.1, -0.05) is 77.4 Å². The maximum atomic E-state index is 14.3. The van der Waals surface area contributed by atoms with Crippen molar-refractivity contribution in [3.8, 4) is 16.9 Å². The molecule has 0 radical (unpaired) electrons. The lowest BCUT2D eigenvalue weighted by Gasteiger charge is -2.25. The van der Waals surface area contributed by atoms with Gasteiger partial charge in [-0.2, -0.15) is 0 Å². The Balaban J connectivity index is 2.26. The third-order valence-electron chi connectivity index (χ3n) is 5.85. The van der Waals surface area contributed by atoms with Crippen LogP contribution in [0.15, 0.2) is 54.6 Å². The number of ether oxygens (including phenoxy) is 1. The summed E-state index contributed by atoms with van der Waals surface area (Å²) < 4.78 is 20.4. The normalized spacial score (nSPS) is 11.2. The minimum absolute atomic E-state index is 0.191. The smallest absolute Gasteiger partial charge is 0.150 e. The minimum Gasteiger partial charge on any atom is -0.488 e. The van der Waals surface area contributed by atoms with Crippen LogP contribution in [0, 0.1) is 5.82 Å². The highest BCUT2D eigenvalue weighted by Crippen LogP contribution is 2.42. The van der Waals surface area contributed by atoms with Crippen molar-refractivity contribution in [2.75, 3.05) is 0 Å². The van der Waals surface area contributed by atoms with E-state index in [4.69, 9.17) is 4.74 Å². The van der Waals surface area contributed by atoms with E-state index >= 15 is 0 Å². The average molecular weight is 433 g/mol. The molecule has 0 saturated carbocycles. The van der Waals surface area contributed by atoms with Gasteiger partial charge in [-0.25, -0.2) is 4.39 Å². The molecule has 0 spiro atoms. The molecule has 32 heavy (non-hydrogen) atoms. The van der Waals surface area contributed by atoms with Crippen LogP contribution < -0.4 is 4.74 Å². The molecular weight excluding hydrogens is 399 g/mol. The first-order chi connectivity index (χ1) is 15.4. The van der Waals surface area contributed by atoms with Crippen LogP contribution in [0.3, 0.4) is 0 Å². The highest BCUT2D eigenvalue weighted by molar-refractivity contribution is 5.93. The first-order valence-corrected chi connectivity index (χ1v) is 11.5. The molecule has 0 aromatic heterocycles. The highest BCUT2D eigenvalue weighted by atomic mass is 19.1. The van der Waals surface area contributed by atoms with Crippen LogP contribution in [0.4, 0.5) is 4.39 Å². The van der Waals surface area contributed by atoms with Gasteiger partial charge in [-0.3, -0.25) is 4.79 Å². The standard InChI is InChI=1S/C29H33FO2/c1-6-10-23-25(19(2)3)16-26(20(4)5)27(17-31)29(23)24-14-13-22(30)15-28(24)32-18-21-11-8-7-9-12-21/h7-9,11-17,19-20H,6,10,18H2,1-5H3. The molecule has 0 unspecified atom stereocenters. The van der Waals surface area contributed by atoms with Gasteiger partial charge in [-0.05, 0) is 58.2 Å². The summed E-state index contributed by atoms with van der Waals surface area (Å²) in [6, 6.07) is 16.7. The van der Waals surface area contributed by atoms with Crippen molar-refractivity contribution in [2.24, 2.45) is 0 Å². The van der Waals surface area contributed by atoms with Crippen molar-refractivity contribution in [1.29, 1.82) is 0 Å². The zero-order valence-corrected chi connectivity index (χ0v) is 19.7. The first kappa shape index (κ1) is 23.7. The maximum Gasteiger partial charge on any atom is 0.150 e. The quantitative estimate of drug-likeness (QED) is 0.319. The third kappa shape index (κ3) is 5.09. The van der Waals surface area contributed by atoms with E-state index in [-0.39, 0.29) is 11.7 Å². The van der Waals surface area contributed by atoms with E-state index in [9.17, 15) is 9.18 Å². The lowest BCUT2D eigenvalue weighted by molar-refractivity contribution is 0.112. The largest absolute Gasteiger partial charge is 0.488 e. The van der Waals surface area contributed by atoms with Crippen LogP contribution in [0.25, 0.3) is 11.1 Å². The van der Waals surface area contributed by atoms with Gasteiger partial charge in [0, 0.05) is 17.2 Å². The summed E-state index contributed by atoms with van der Waals surface area (Å²) in [6.45, 7) is 11.0. The molecule has 3 rings (SSSR count). The Kier molecular flexibility index (Phi) is 7.84. The van der Waals surface area contributed by atoms with Crippen LogP contribution in [-0.2, 0) is 13.0 Å². The Morgan fingerprint density at radius 1 is 0.938 bits per heavy atom. The first-order valence-electron chi connectivity index (χ1n) is 11.5. The fourth-order valence-corrected chi connectivity index (χ4v) is 4.29. The fourth-order valence-electron chi connectivity index (χ4n) is 4.29. The second kappa shape index (κ2) is 10.6. The molecule has 0 aliphatic carbocycles. The molecule has 0 heterocycles. The van der Waals surface area contributed by atoms with Crippen molar-refractivity contribution < 1.29 is 13.9 Å². The molecule has 0 bridgehead atoms. The summed E-state index contributed by atoms with van der Waals surface area (Å²) in [5.74, 6) is 0.606. The molecule has 0 amide bonds. The molecule has 3 heteroatoms. The number of halogens is 1. The number of benzene rings is 3. The van der Waals surface area contributed by atoms with E-state index in [1.807, 2.05) is 30.3 Å². The van der Waals surface area contributed by atoms with E-state index in [1.54, 1.807) is 6.07 Å². The van der Waals surface area contributed by atoms with Gasteiger partial charge < -0.3 is 4.74 Å². The monoisotopic (exact) mass is 432 g/mol. The molecule has 0 N–H and O–H groups in total. The Hall–Kier alpha value is -2.94. The van der Waals surface area contributed by atoms with E-state index < -0.39 is 0 Å². The van der Waals surface area contributed by atoms with Gasteiger partial charge >= 0.3 is 0 Å². The van der Waals surface area contributed by atoms with E-state index in [2.05, 4.69) is 40.7 Å². The molecule has 168 valence electrons. The van der Waals surface area contributed by atoms with Gasteiger partial charge in [0.15, 0.2) is 6.29 Å². The average Bonchev–Trinajstić information content (AvgIpc) is 2.78. The van der Waals surface area contributed by atoms with Gasteiger partial charge in [0.1, 0.15) is 18.2 Å². The summed E-state index contributed by atoms with van der Waals surface area (Å²) in [6.07, 6.45) is 2.75. The molecule has 0 saturated heterocycles. The topological polar surface area (TPSA) is 26.3 Å². The molecular formula is C29H33FO2. The van der Waals surface area contributed by atoms with Gasteiger partial charge in [0.05, 0.1) is 0 Å². The molecule has 0 fully saturated rings. The molecule has 0 atom stereocenters. The number of hydrogen-bond donors (Lipinski definition) is 0. The van der Waals surface area contributed by atoms with Crippen molar-refractivity contribution >= 4 is 6.29 Å². The summed E-state index contributed by atoms with van der Waals surface area (Å²) in [5, 5.41) is 0. The predicted octanol–water partition coefficient (Wildman–Crippen LogP) is 8.08. The van der Waals surface area contributed by atoms with Crippen LogP contribution in [-0.4, -0.2) is 6.29 Å². The summed E-state index contributed by atoms with van der Waals surface area (Å²) in [4.78, 5) is 12.4. The second-order valence-corrected chi connectivity index (χ2v) is 8.91. The van der Waals surface area contributed by atoms with Crippen LogP contribution in [0.5, 0.6) is 5.75 Å². The zero-order valence-electron chi connectivity index (χ0n) is 19.7. The van der Waals surface area contributed by atoms with E-state index in [0.29, 0.717) is 23.8 Å². The highest BCUT2D eigenvalue weighted by Gasteiger charge is 2.24. The summed E-state index contributed by atoms with van der Waals surface area (Å²) >= 11 is 0. The fraction of sp³-hybridized carbons (Fsp3) is 0.345. The Morgan fingerprint density at radius 3 is 2.22 bits per heavy atom. The van der Waals surface area contributed by atoms with E-state index in [1.165, 1.54) is 17.7 Å². The summed E-state index contributed by atoms with van der Waals surface area (Å²) in [5.41, 5.74) is 6.78. The SMILES string of the molecule is CCCc1c(C(C)C)cc(C(C)C)c(C=O)c1-c1ccc(F)cc1OCc1ccccc1. The molecule has 2 nitrogen and oxygen atoms in total. The summed E-state index contributed by atoms with van der Waals surface area (Å²) in [7, 11) is 0. The molecule has 3 aromatic rings. The lowest BCUT2D eigenvalue weighted by atomic mass is 9.80. The number of carbonyl (C=O) groups excluding carboxylic acids is 1. The van der Waals surface area contributed by atoms with Crippen molar-refractivity contribution in [3.05, 3.63) is 88.2 Å². The molecule has 0 aliphatic heterocycles. The zero-order chi connectivity index (χ0) is 23.3. The minimum atomic E-state index is -0.356. The van der Waals surface area contributed by atoms with Crippen LogP contribution in [0.2, 0.25) is 0 Å². The van der Waals surface area contributed by atoms with Gasteiger partial charge in [0.2, 0.25) is 0 Å². The van der Waals surface area contributed by atoms with E-state index in [0.717, 1.165) is 46.9 Å². The van der Waals surface area contributed by atoms with Crippen LogP contribution in [0.1, 0.15) is 85.5 Å². The Labute approximate surface area is 191 Å². The number of hydrogen-bond acceptors (Lipinski definition) is 2. The van der Waals surface area contributed by atoms with Crippen molar-refractivity contribution in [1.82, 2.24) is 0 Å². The van der Waals surface area contributed by atoms with Crippen molar-refractivity contribution in [3.63, 3.8) is 0 Å². The Morgan fingerprint density at radius 2 is 1.62 bits per heavy atom. The van der Waals surface area contributed by atoms with Crippen LogP contribution >= 0.6 is 0 Å². The molecule has 0 aliphatic rings. The number of carbonyl (C=O) groups is 1. The third-order valence-corrected chi connectivity index (χ3v) is 5.85. The maximum absolute atomic E-state index is 14.3. The van der Waals surface area contributed by atoms with Gasteiger partial charge in [-0.15, -0.1) is 0 Å². The number of rotatable bonds is 9. The molecule has 3 aromatic carbocycles. The Bertz CT molecular complexity index is 1070.